The Balaban J connectivity index is 1.28. The molecule has 0 fully saturated rings. The van der Waals surface area contributed by atoms with Crippen LogP contribution in [0.3, 0.4) is 0 Å². The molecule has 0 aliphatic carbocycles. The number of methoxy groups -OCH3 is 3. The lowest BCUT2D eigenvalue weighted by Crippen LogP contribution is -2.09. The van der Waals surface area contributed by atoms with E-state index < -0.39 is 0 Å². The van der Waals surface area contributed by atoms with Crippen LogP contribution >= 0.6 is 11.6 Å². The van der Waals surface area contributed by atoms with E-state index in [1.807, 2.05) is 72.8 Å². The monoisotopic (exact) mass is 569 g/mol. The van der Waals surface area contributed by atoms with E-state index in [0.29, 0.717) is 22.5 Å². The van der Waals surface area contributed by atoms with Gasteiger partial charge in [-0.2, -0.15) is 0 Å². The second-order valence-electron chi connectivity index (χ2n) is 9.34. The predicted octanol–water partition coefficient (Wildman–Crippen LogP) is 7.34. The molecule has 2 N–H and O–H groups in total. The molecule has 8 nitrogen and oxygen atoms in total. The van der Waals surface area contributed by atoms with E-state index in [4.69, 9.17) is 35.8 Å². The van der Waals surface area contributed by atoms with Gasteiger partial charge in [0.15, 0.2) is 11.5 Å². The summed E-state index contributed by atoms with van der Waals surface area (Å²) in [5.74, 6) is 2.66. The molecule has 0 saturated heterocycles. The van der Waals surface area contributed by atoms with Crippen molar-refractivity contribution in [3.05, 3.63) is 84.0 Å². The van der Waals surface area contributed by atoms with Crippen molar-refractivity contribution in [1.29, 1.82) is 0 Å². The van der Waals surface area contributed by atoms with Crippen molar-refractivity contribution < 1.29 is 14.2 Å². The van der Waals surface area contributed by atoms with E-state index in [1.165, 1.54) is 0 Å². The Kier molecular flexibility index (Phi) is 9.01. The van der Waals surface area contributed by atoms with Crippen molar-refractivity contribution in [3.63, 3.8) is 0 Å². The van der Waals surface area contributed by atoms with E-state index in [1.54, 1.807) is 27.5 Å². The molecule has 0 aliphatic heterocycles. The standard InChI is InChI=1S/C32H32ClN5O3/c1-39-24-10-6-21(7-11-24)27-20-28(22-8-13-30(40-2)31(18-22)41-3)38-32(37-27)36-16-5-4-15-34-26-14-17-35-29-19-23(33)9-12-25(26)29/h6-14,17-20H,4-5,15-16H2,1-3H3,(H,34,35)(H,36,37,38). The van der Waals surface area contributed by atoms with Gasteiger partial charge in [-0.3, -0.25) is 4.98 Å². The van der Waals surface area contributed by atoms with Crippen LogP contribution < -0.4 is 24.8 Å². The number of anilines is 2. The number of nitrogens with one attached hydrogen (secondary N) is 2. The molecule has 0 aliphatic rings. The molecule has 5 aromatic rings. The maximum absolute atomic E-state index is 6.12. The molecular weight excluding hydrogens is 538 g/mol. The molecule has 3 aromatic carbocycles. The number of unbranched alkanes of at least 4 members (excludes halogenated alkanes) is 1. The van der Waals surface area contributed by atoms with Crippen LogP contribution in [0.5, 0.6) is 17.2 Å². The van der Waals surface area contributed by atoms with Gasteiger partial charge in [-0.05, 0) is 85.6 Å². The number of halogens is 1. The third-order valence-electron chi connectivity index (χ3n) is 6.70. The Bertz CT molecular complexity index is 1630. The van der Waals surface area contributed by atoms with Crippen LogP contribution in [0.1, 0.15) is 12.8 Å². The van der Waals surface area contributed by atoms with Crippen LogP contribution in [0.25, 0.3) is 33.4 Å². The van der Waals surface area contributed by atoms with Crippen LogP contribution in [0.2, 0.25) is 5.02 Å². The first kappa shape index (κ1) is 28.0. The number of rotatable bonds is 12. The molecule has 0 saturated carbocycles. The van der Waals surface area contributed by atoms with Gasteiger partial charge < -0.3 is 24.8 Å². The first-order valence-corrected chi connectivity index (χ1v) is 13.7. The third-order valence-corrected chi connectivity index (χ3v) is 6.93. The minimum Gasteiger partial charge on any atom is -0.497 e. The zero-order chi connectivity index (χ0) is 28.6. The Morgan fingerprint density at radius 3 is 2.12 bits per heavy atom. The smallest absolute Gasteiger partial charge is 0.223 e. The van der Waals surface area contributed by atoms with Gasteiger partial charge in [-0.1, -0.05) is 11.6 Å². The summed E-state index contributed by atoms with van der Waals surface area (Å²) < 4.78 is 16.3. The summed E-state index contributed by atoms with van der Waals surface area (Å²) in [6.45, 7) is 1.55. The van der Waals surface area contributed by atoms with Gasteiger partial charge in [-0.15, -0.1) is 0 Å². The van der Waals surface area contributed by atoms with Gasteiger partial charge in [0.25, 0.3) is 0 Å². The average molecular weight is 570 g/mol. The molecule has 2 heterocycles. The van der Waals surface area contributed by atoms with Crippen molar-refractivity contribution in [2.45, 2.75) is 12.8 Å². The Labute approximate surface area is 244 Å². The second-order valence-corrected chi connectivity index (χ2v) is 9.78. The molecule has 2 aromatic heterocycles. The van der Waals surface area contributed by atoms with Gasteiger partial charge in [-0.25, -0.2) is 9.97 Å². The highest BCUT2D eigenvalue weighted by Gasteiger charge is 2.12. The fourth-order valence-corrected chi connectivity index (χ4v) is 4.69. The van der Waals surface area contributed by atoms with Gasteiger partial charge >= 0.3 is 0 Å². The maximum atomic E-state index is 6.12. The molecule has 0 bridgehead atoms. The molecule has 9 heteroatoms. The van der Waals surface area contributed by atoms with Crippen LogP contribution in [0.4, 0.5) is 11.6 Å². The number of hydrogen-bond acceptors (Lipinski definition) is 8. The summed E-state index contributed by atoms with van der Waals surface area (Å²) in [6, 6.07) is 23.3. The summed E-state index contributed by atoms with van der Waals surface area (Å²) in [5.41, 5.74) is 5.38. The summed E-state index contributed by atoms with van der Waals surface area (Å²) in [5, 5.41) is 8.68. The zero-order valence-corrected chi connectivity index (χ0v) is 24.0. The lowest BCUT2D eigenvalue weighted by Gasteiger charge is -2.13. The summed E-state index contributed by atoms with van der Waals surface area (Å²) >= 11 is 6.12. The van der Waals surface area contributed by atoms with Gasteiger partial charge in [0, 0.05) is 46.5 Å². The Hall–Kier alpha value is -4.56. The van der Waals surface area contributed by atoms with Crippen LogP contribution in [0, 0.1) is 0 Å². The highest BCUT2D eigenvalue weighted by Crippen LogP contribution is 2.33. The molecule has 0 amide bonds. The topological polar surface area (TPSA) is 90.4 Å². The molecule has 0 atom stereocenters. The quantitative estimate of drug-likeness (QED) is 0.151. The van der Waals surface area contributed by atoms with E-state index >= 15 is 0 Å². The van der Waals surface area contributed by atoms with Crippen molar-refractivity contribution in [2.24, 2.45) is 0 Å². The number of ether oxygens (including phenoxy) is 3. The first-order chi connectivity index (χ1) is 20.1. The van der Waals surface area contributed by atoms with Crippen LogP contribution in [0.15, 0.2) is 79.0 Å². The summed E-state index contributed by atoms with van der Waals surface area (Å²) in [7, 11) is 4.90. The van der Waals surface area contributed by atoms with Crippen LogP contribution in [-0.4, -0.2) is 49.4 Å². The Morgan fingerprint density at radius 2 is 1.39 bits per heavy atom. The van der Waals surface area contributed by atoms with Gasteiger partial charge in [0.2, 0.25) is 5.95 Å². The predicted molar refractivity (Wildman–Crippen MR) is 166 cm³/mol. The van der Waals surface area contributed by atoms with E-state index in [9.17, 15) is 0 Å². The van der Waals surface area contributed by atoms with Crippen molar-refractivity contribution in [1.82, 2.24) is 15.0 Å². The van der Waals surface area contributed by atoms with Crippen molar-refractivity contribution >= 4 is 34.1 Å². The summed E-state index contributed by atoms with van der Waals surface area (Å²) in [6.07, 6.45) is 3.69. The highest BCUT2D eigenvalue weighted by molar-refractivity contribution is 6.31. The molecular formula is C32H32ClN5O3. The summed E-state index contributed by atoms with van der Waals surface area (Å²) in [4.78, 5) is 14.0. The number of pyridine rings is 1. The highest BCUT2D eigenvalue weighted by atomic mass is 35.5. The number of hydrogen-bond donors (Lipinski definition) is 2. The molecule has 0 unspecified atom stereocenters. The van der Waals surface area contributed by atoms with Gasteiger partial charge in [0.1, 0.15) is 5.75 Å². The fraction of sp³-hybridized carbons (Fsp3) is 0.219. The molecule has 41 heavy (non-hydrogen) atoms. The molecule has 210 valence electrons. The minimum absolute atomic E-state index is 0.563. The number of fused-ring (bicyclic) bond motifs is 1. The lowest BCUT2D eigenvalue weighted by molar-refractivity contribution is 0.355. The first-order valence-electron chi connectivity index (χ1n) is 13.4. The number of benzene rings is 3. The average Bonchev–Trinajstić information content (AvgIpc) is 3.02. The zero-order valence-electron chi connectivity index (χ0n) is 23.3. The normalized spacial score (nSPS) is 10.8. The minimum atomic E-state index is 0.563. The molecule has 0 radical (unpaired) electrons. The number of aromatic nitrogens is 3. The number of nitrogens with zero attached hydrogens (tertiary/aromatic N) is 3. The largest absolute Gasteiger partial charge is 0.497 e. The molecule has 0 spiro atoms. The lowest BCUT2D eigenvalue weighted by atomic mass is 10.1. The van der Waals surface area contributed by atoms with E-state index in [0.717, 1.165) is 70.8 Å². The third kappa shape index (κ3) is 6.78. The SMILES string of the molecule is COc1ccc(-c2cc(-c3ccc(OC)c(OC)c3)nc(NCCCCNc3ccnc4cc(Cl)ccc34)n2)cc1. The van der Waals surface area contributed by atoms with E-state index in [-0.39, 0.29) is 0 Å². The molecule has 5 rings (SSSR count). The second kappa shape index (κ2) is 13.2. The maximum Gasteiger partial charge on any atom is 0.223 e. The van der Waals surface area contributed by atoms with Crippen LogP contribution in [-0.2, 0) is 0 Å². The Morgan fingerprint density at radius 1 is 0.683 bits per heavy atom. The fourth-order valence-electron chi connectivity index (χ4n) is 4.53. The van der Waals surface area contributed by atoms with E-state index in [2.05, 4.69) is 15.6 Å². The van der Waals surface area contributed by atoms with Gasteiger partial charge in [0.05, 0.1) is 38.2 Å². The van der Waals surface area contributed by atoms with Crippen molar-refractivity contribution in [2.75, 3.05) is 45.1 Å². The van der Waals surface area contributed by atoms with Crippen molar-refractivity contribution in [3.8, 4) is 39.8 Å².